The molecule has 0 amide bonds. The van der Waals surface area contributed by atoms with Crippen molar-refractivity contribution in [1.82, 2.24) is 0 Å². The SMILES string of the molecule is FCCCC=C[C@H]1CC[C@H]([C@H]2CC[C@H](c3cc(F)c(F)c(F)c3)CC2)CC1. The van der Waals surface area contributed by atoms with Crippen molar-refractivity contribution in [2.75, 3.05) is 6.67 Å². The zero-order valence-electron chi connectivity index (χ0n) is 15.9. The second kappa shape index (κ2) is 9.75. The van der Waals surface area contributed by atoms with E-state index in [1.165, 1.54) is 37.8 Å². The molecule has 2 fully saturated rings. The molecule has 0 unspecified atom stereocenters. The van der Waals surface area contributed by atoms with E-state index in [-0.39, 0.29) is 12.6 Å². The molecule has 0 bridgehead atoms. The third kappa shape index (κ3) is 5.36. The van der Waals surface area contributed by atoms with Crippen molar-refractivity contribution in [3.05, 3.63) is 47.3 Å². The van der Waals surface area contributed by atoms with Gasteiger partial charge in [0.1, 0.15) is 0 Å². The van der Waals surface area contributed by atoms with Crippen molar-refractivity contribution in [3.8, 4) is 0 Å². The van der Waals surface area contributed by atoms with Crippen LogP contribution in [0.2, 0.25) is 0 Å². The Hall–Kier alpha value is -1.32. The Morgan fingerprint density at radius 1 is 0.815 bits per heavy atom. The van der Waals surface area contributed by atoms with Gasteiger partial charge in [0.15, 0.2) is 17.5 Å². The lowest BCUT2D eigenvalue weighted by atomic mass is 9.68. The van der Waals surface area contributed by atoms with Crippen molar-refractivity contribution in [2.45, 2.75) is 70.1 Å². The summed E-state index contributed by atoms with van der Waals surface area (Å²) in [5.41, 5.74) is 0.604. The number of allylic oxidation sites excluding steroid dienone is 2. The van der Waals surface area contributed by atoms with E-state index in [1.807, 2.05) is 0 Å². The Bertz CT molecular complexity index is 600. The van der Waals surface area contributed by atoms with Gasteiger partial charge in [-0.05, 0) is 106 Å². The molecule has 0 aliphatic heterocycles. The summed E-state index contributed by atoms with van der Waals surface area (Å²) in [5, 5.41) is 0. The van der Waals surface area contributed by atoms with Crippen LogP contribution in [0.15, 0.2) is 24.3 Å². The summed E-state index contributed by atoms with van der Waals surface area (Å²) in [4.78, 5) is 0. The van der Waals surface area contributed by atoms with E-state index in [1.54, 1.807) is 0 Å². The number of unbranched alkanes of at least 4 members (excludes halogenated alkanes) is 1. The lowest BCUT2D eigenvalue weighted by molar-refractivity contribution is 0.171. The van der Waals surface area contributed by atoms with E-state index in [0.717, 1.165) is 38.0 Å². The number of halogens is 4. The van der Waals surface area contributed by atoms with Crippen LogP contribution in [0.25, 0.3) is 0 Å². The minimum Gasteiger partial charge on any atom is -0.251 e. The normalized spacial score (nSPS) is 29.3. The molecule has 4 heteroatoms. The van der Waals surface area contributed by atoms with E-state index >= 15 is 0 Å². The molecule has 0 N–H and O–H groups in total. The Balaban J connectivity index is 1.46. The van der Waals surface area contributed by atoms with Gasteiger partial charge in [-0.1, -0.05) is 12.2 Å². The van der Waals surface area contributed by atoms with E-state index in [4.69, 9.17) is 0 Å². The molecule has 150 valence electrons. The van der Waals surface area contributed by atoms with Crippen LogP contribution in [-0.4, -0.2) is 6.67 Å². The molecule has 2 aliphatic carbocycles. The van der Waals surface area contributed by atoms with Crippen LogP contribution in [0.1, 0.15) is 75.7 Å². The molecular weight excluding hydrogens is 352 g/mol. The molecule has 27 heavy (non-hydrogen) atoms. The third-order valence-corrected chi connectivity index (χ3v) is 6.65. The molecule has 3 rings (SSSR count). The number of hydrogen-bond acceptors (Lipinski definition) is 0. The summed E-state index contributed by atoms with van der Waals surface area (Å²) >= 11 is 0. The topological polar surface area (TPSA) is 0 Å². The smallest absolute Gasteiger partial charge is 0.194 e. The molecule has 1 aromatic carbocycles. The maximum absolute atomic E-state index is 13.5. The first-order valence-electron chi connectivity index (χ1n) is 10.5. The summed E-state index contributed by atoms with van der Waals surface area (Å²) in [6.07, 6.45) is 14.8. The van der Waals surface area contributed by atoms with Gasteiger partial charge in [0.05, 0.1) is 6.67 Å². The van der Waals surface area contributed by atoms with Gasteiger partial charge in [0.25, 0.3) is 0 Å². The van der Waals surface area contributed by atoms with Gasteiger partial charge in [-0.25, -0.2) is 13.2 Å². The average Bonchev–Trinajstić information content (AvgIpc) is 2.70. The molecule has 0 aromatic heterocycles. The van der Waals surface area contributed by atoms with Gasteiger partial charge < -0.3 is 0 Å². The zero-order valence-corrected chi connectivity index (χ0v) is 15.9. The standard InChI is InChI=1S/C23H30F4/c24-13-3-1-2-4-16-5-7-17(8-6-16)18-9-11-19(12-10-18)20-14-21(25)23(27)22(26)15-20/h2,4,14-19H,1,3,5-13H2/t16-,17-,18-,19-. The Morgan fingerprint density at radius 3 is 1.93 bits per heavy atom. The van der Waals surface area contributed by atoms with Crippen molar-refractivity contribution in [2.24, 2.45) is 17.8 Å². The average molecular weight is 382 g/mol. The van der Waals surface area contributed by atoms with Gasteiger partial charge in [-0.2, -0.15) is 0 Å². The molecule has 0 spiro atoms. The molecule has 1 aromatic rings. The Labute approximate surface area is 160 Å². The molecule has 0 nitrogen and oxygen atoms in total. The first-order valence-corrected chi connectivity index (χ1v) is 10.5. The first-order chi connectivity index (χ1) is 13.1. The van der Waals surface area contributed by atoms with Crippen molar-refractivity contribution < 1.29 is 17.6 Å². The number of hydrogen-bond donors (Lipinski definition) is 0. The van der Waals surface area contributed by atoms with Crippen LogP contribution in [0.3, 0.4) is 0 Å². The van der Waals surface area contributed by atoms with Crippen molar-refractivity contribution in [3.63, 3.8) is 0 Å². The maximum Gasteiger partial charge on any atom is 0.194 e. The van der Waals surface area contributed by atoms with Crippen LogP contribution in [0.5, 0.6) is 0 Å². The minimum absolute atomic E-state index is 0.139. The van der Waals surface area contributed by atoms with E-state index in [9.17, 15) is 17.6 Å². The van der Waals surface area contributed by atoms with Gasteiger partial charge >= 0.3 is 0 Å². The largest absolute Gasteiger partial charge is 0.251 e. The number of alkyl halides is 1. The van der Waals surface area contributed by atoms with E-state index < -0.39 is 17.5 Å². The lowest BCUT2D eigenvalue weighted by Gasteiger charge is -2.37. The third-order valence-electron chi connectivity index (χ3n) is 6.65. The highest BCUT2D eigenvalue weighted by atomic mass is 19.2. The number of rotatable bonds is 6. The predicted octanol–water partition coefficient (Wildman–Crippen LogP) is 7.49. The highest BCUT2D eigenvalue weighted by Crippen LogP contribution is 2.44. The monoisotopic (exact) mass is 382 g/mol. The fourth-order valence-corrected chi connectivity index (χ4v) is 5.03. The van der Waals surface area contributed by atoms with Gasteiger partial charge in [0, 0.05) is 0 Å². The fourth-order valence-electron chi connectivity index (χ4n) is 5.03. The zero-order chi connectivity index (χ0) is 19.2. The van der Waals surface area contributed by atoms with Crippen molar-refractivity contribution >= 4 is 0 Å². The summed E-state index contributed by atoms with van der Waals surface area (Å²) < 4.78 is 52.3. The van der Waals surface area contributed by atoms with E-state index in [2.05, 4.69) is 12.2 Å². The molecule has 2 aliphatic rings. The fraction of sp³-hybridized carbons (Fsp3) is 0.652. The molecule has 0 heterocycles. The summed E-state index contributed by atoms with van der Waals surface area (Å²) in [6, 6.07) is 2.34. The maximum atomic E-state index is 13.5. The van der Waals surface area contributed by atoms with Crippen molar-refractivity contribution in [1.29, 1.82) is 0 Å². The van der Waals surface area contributed by atoms with Crippen LogP contribution >= 0.6 is 0 Å². The Morgan fingerprint density at radius 2 is 1.37 bits per heavy atom. The summed E-state index contributed by atoms with van der Waals surface area (Å²) in [5.74, 6) is -1.29. The summed E-state index contributed by atoms with van der Waals surface area (Å²) in [6.45, 7) is -0.239. The summed E-state index contributed by atoms with van der Waals surface area (Å²) in [7, 11) is 0. The van der Waals surface area contributed by atoms with Crippen LogP contribution in [0, 0.1) is 35.2 Å². The quantitative estimate of drug-likeness (QED) is 0.207. The molecular formula is C23H30F4. The Kier molecular flexibility index (Phi) is 7.37. The number of benzene rings is 1. The first kappa shape index (κ1) is 20.4. The molecule has 0 atom stereocenters. The second-order valence-corrected chi connectivity index (χ2v) is 8.34. The van der Waals surface area contributed by atoms with E-state index in [0.29, 0.717) is 23.8 Å². The van der Waals surface area contributed by atoms with Gasteiger partial charge in [-0.3, -0.25) is 4.39 Å². The lowest BCUT2D eigenvalue weighted by Crippen LogP contribution is -2.25. The predicted molar refractivity (Wildman–Crippen MR) is 101 cm³/mol. The molecule has 2 saturated carbocycles. The van der Waals surface area contributed by atoms with Crippen LogP contribution in [-0.2, 0) is 0 Å². The van der Waals surface area contributed by atoms with Crippen LogP contribution in [0.4, 0.5) is 17.6 Å². The highest BCUT2D eigenvalue weighted by molar-refractivity contribution is 5.23. The molecule has 0 saturated heterocycles. The molecule has 0 radical (unpaired) electrons. The second-order valence-electron chi connectivity index (χ2n) is 8.34. The highest BCUT2D eigenvalue weighted by Gasteiger charge is 2.31. The minimum atomic E-state index is -1.37. The van der Waals surface area contributed by atoms with Crippen LogP contribution < -0.4 is 0 Å². The van der Waals surface area contributed by atoms with Gasteiger partial charge in [-0.15, -0.1) is 0 Å². The van der Waals surface area contributed by atoms with Gasteiger partial charge in [0.2, 0.25) is 0 Å².